The number of nitrogens with zero attached hydrogens (tertiary/aromatic N) is 1. The second-order valence-electron chi connectivity index (χ2n) is 5.90. The lowest BCUT2D eigenvalue weighted by molar-refractivity contribution is -0.137. The summed E-state index contributed by atoms with van der Waals surface area (Å²) in [5, 5.41) is 0.139. The minimum absolute atomic E-state index is 0.139. The Labute approximate surface area is 130 Å². The average Bonchev–Trinajstić information content (AvgIpc) is 2.40. The van der Waals surface area contributed by atoms with E-state index in [0.29, 0.717) is 13.1 Å². The van der Waals surface area contributed by atoms with Crippen molar-refractivity contribution in [3.05, 3.63) is 29.0 Å². The first-order valence-electron chi connectivity index (χ1n) is 6.73. The van der Waals surface area contributed by atoms with Gasteiger partial charge in [0.25, 0.3) is 5.91 Å². The smallest absolute Gasteiger partial charge is 0.263 e. The predicted octanol–water partition coefficient (Wildman–Crippen LogP) is 2.69. The van der Waals surface area contributed by atoms with Crippen LogP contribution in [0.5, 0.6) is 5.75 Å². The number of halogens is 2. The summed E-state index contributed by atoms with van der Waals surface area (Å²) in [6.07, 6.45) is -0.716. The first kappa shape index (κ1) is 17.7. The molecule has 0 saturated heterocycles. The number of hydrogen-bond donors (Lipinski definition) is 1. The zero-order valence-electron chi connectivity index (χ0n) is 12.8. The van der Waals surface area contributed by atoms with E-state index in [2.05, 4.69) is 0 Å². The fourth-order valence-corrected chi connectivity index (χ4v) is 2.12. The summed E-state index contributed by atoms with van der Waals surface area (Å²) in [4.78, 5) is 13.8. The maximum Gasteiger partial charge on any atom is 0.263 e. The Morgan fingerprint density at radius 1 is 1.52 bits per heavy atom. The largest absolute Gasteiger partial charge is 0.479 e. The maximum absolute atomic E-state index is 13.0. The molecule has 0 bridgehead atoms. The monoisotopic (exact) mass is 316 g/mol. The van der Waals surface area contributed by atoms with Gasteiger partial charge in [-0.05, 0) is 37.1 Å². The Morgan fingerprint density at radius 2 is 2.14 bits per heavy atom. The fourth-order valence-electron chi connectivity index (χ4n) is 1.91. The van der Waals surface area contributed by atoms with Gasteiger partial charge < -0.3 is 15.4 Å². The van der Waals surface area contributed by atoms with Gasteiger partial charge in [-0.2, -0.15) is 0 Å². The summed E-state index contributed by atoms with van der Waals surface area (Å²) in [5.41, 5.74) is 5.50. The van der Waals surface area contributed by atoms with Crippen LogP contribution in [0.4, 0.5) is 4.39 Å². The van der Waals surface area contributed by atoms with E-state index in [0.717, 1.165) is 6.07 Å². The van der Waals surface area contributed by atoms with Crippen molar-refractivity contribution in [1.29, 1.82) is 0 Å². The van der Waals surface area contributed by atoms with Crippen LogP contribution < -0.4 is 10.5 Å². The first-order valence-corrected chi connectivity index (χ1v) is 7.11. The summed E-state index contributed by atoms with van der Waals surface area (Å²) in [5.74, 6) is -0.351. The van der Waals surface area contributed by atoms with Crippen LogP contribution in [0.1, 0.15) is 20.8 Å². The minimum atomic E-state index is -0.716. The predicted molar refractivity (Wildman–Crippen MR) is 82.0 cm³/mol. The molecule has 6 heteroatoms. The van der Waals surface area contributed by atoms with E-state index in [9.17, 15) is 9.18 Å². The van der Waals surface area contributed by atoms with E-state index >= 15 is 0 Å². The average molecular weight is 317 g/mol. The van der Waals surface area contributed by atoms with Crippen molar-refractivity contribution < 1.29 is 13.9 Å². The molecule has 0 heterocycles. The summed E-state index contributed by atoms with van der Waals surface area (Å²) in [6.45, 7) is 6.60. The normalized spacial score (nSPS) is 12.9. The zero-order valence-corrected chi connectivity index (χ0v) is 13.6. The summed E-state index contributed by atoms with van der Waals surface area (Å²) >= 11 is 5.88. The molecule has 0 aliphatic carbocycles. The SMILES string of the molecule is CC(Oc1ccc(F)cc1Cl)C(=O)N(C)CC(C)(C)CN. The zero-order chi connectivity index (χ0) is 16.2. The number of nitrogens with two attached hydrogens (primary N) is 1. The van der Waals surface area contributed by atoms with Gasteiger partial charge in [0.15, 0.2) is 6.10 Å². The van der Waals surface area contributed by atoms with E-state index in [1.807, 2.05) is 13.8 Å². The molecule has 1 aromatic carbocycles. The van der Waals surface area contributed by atoms with Gasteiger partial charge in [-0.15, -0.1) is 0 Å². The Hall–Kier alpha value is -1.33. The van der Waals surface area contributed by atoms with Crippen molar-refractivity contribution in [2.24, 2.45) is 11.1 Å². The molecule has 1 amide bonds. The fraction of sp³-hybridized carbons (Fsp3) is 0.533. The standard InChI is InChI=1S/C15H22ClFN2O2/c1-10(14(20)19(4)9-15(2,3)8-18)21-13-6-5-11(17)7-12(13)16/h5-7,10H,8-9,18H2,1-4H3. The van der Waals surface area contributed by atoms with Crippen molar-refractivity contribution in [2.45, 2.75) is 26.9 Å². The van der Waals surface area contributed by atoms with Gasteiger partial charge in [0, 0.05) is 13.6 Å². The van der Waals surface area contributed by atoms with Crippen molar-refractivity contribution in [3.8, 4) is 5.75 Å². The third kappa shape index (κ3) is 5.17. The van der Waals surface area contributed by atoms with Crippen LogP contribution >= 0.6 is 11.6 Å². The molecular formula is C15H22ClFN2O2. The molecule has 1 unspecified atom stereocenters. The molecule has 2 N–H and O–H groups in total. The Balaban J connectivity index is 2.70. The Morgan fingerprint density at radius 3 is 2.67 bits per heavy atom. The molecule has 1 aromatic rings. The highest BCUT2D eigenvalue weighted by Crippen LogP contribution is 2.26. The number of ether oxygens (including phenoxy) is 1. The van der Waals surface area contributed by atoms with Crippen LogP contribution in [-0.4, -0.2) is 37.0 Å². The van der Waals surface area contributed by atoms with Gasteiger partial charge in [0.2, 0.25) is 0 Å². The van der Waals surface area contributed by atoms with Crippen molar-refractivity contribution in [2.75, 3.05) is 20.1 Å². The van der Waals surface area contributed by atoms with E-state index in [4.69, 9.17) is 22.1 Å². The summed E-state index contributed by atoms with van der Waals surface area (Å²) < 4.78 is 18.5. The van der Waals surface area contributed by atoms with Gasteiger partial charge in [0.1, 0.15) is 11.6 Å². The molecule has 21 heavy (non-hydrogen) atoms. The van der Waals surface area contributed by atoms with Crippen LogP contribution in [0.2, 0.25) is 5.02 Å². The molecule has 0 fully saturated rings. The number of rotatable bonds is 6. The minimum Gasteiger partial charge on any atom is -0.479 e. The Bertz CT molecular complexity index is 508. The molecule has 4 nitrogen and oxygen atoms in total. The van der Waals surface area contributed by atoms with Crippen LogP contribution in [0.25, 0.3) is 0 Å². The molecule has 0 aliphatic rings. The van der Waals surface area contributed by atoms with Crippen LogP contribution in [0, 0.1) is 11.2 Å². The molecular weight excluding hydrogens is 295 g/mol. The second kappa shape index (κ2) is 7.09. The van der Waals surface area contributed by atoms with Crippen molar-refractivity contribution in [3.63, 3.8) is 0 Å². The van der Waals surface area contributed by atoms with E-state index in [1.165, 1.54) is 12.1 Å². The quantitative estimate of drug-likeness (QED) is 0.878. The molecule has 1 atom stereocenters. The van der Waals surface area contributed by atoms with E-state index < -0.39 is 11.9 Å². The van der Waals surface area contributed by atoms with E-state index in [-0.39, 0.29) is 22.1 Å². The van der Waals surface area contributed by atoms with Gasteiger partial charge in [-0.3, -0.25) is 4.79 Å². The van der Waals surface area contributed by atoms with Gasteiger partial charge in [-0.1, -0.05) is 25.4 Å². The highest BCUT2D eigenvalue weighted by atomic mass is 35.5. The molecule has 0 spiro atoms. The number of amides is 1. The lowest BCUT2D eigenvalue weighted by Gasteiger charge is -2.30. The summed E-state index contributed by atoms with van der Waals surface area (Å²) in [7, 11) is 1.70. The highest BCUT2D eigenvalue weighted by Gasteiger charge is 2.25. The number of carbonyl (C=O) groups excluding carboxylic acids is 1. The topological polar surface area (TPSA) is 55.6 Å². The van der Waals surface area contributed by atoms with Crippen LogP contribution in [0.3, 0.4) is 0 Å². The molecule has 1 rings (SSSR count). The lowest BCUT2D eigenvalue weighted by atomic mass is 9.93. The van der Waals surface area contributed by atoms with Gasteiger partial charge in [-0.25, -0.2) is 4.39 Å². The maximum atomic E-state index is 13.0. The van der Waals surface area contributed by atoms with Gasteiger partial charge in [0.05, 0.1) is 5.02 Å². The van der Waals surface area contributed by atoms with Crippen molar-refractivity contribution in [1.82, 2.24) is 4.90 Å². The third-order valence-electron chi connectivity index (χ3n) is 3.14. The second-order valence-corrected chi connectivity index (χ2v) is 6.30. The molecule has 0 saturated carbocycles. The number of benzene rings is 1. The first-order chi connectivity index (χ1) is 9.66. The van der Waals surface area contributed by atoms with E-state index in [1.54, 1.807) is 18.9 Å². The molecule has 0 radical (unpaired) electrons. The Kier molecular flexibility index (Phi) is 5.98. The summed E-state index contributed by atoms with van der Waals surface area (Å²) in [6, 6.07) is 3.79. The van der Waals surface area contributed by atoms with Crippen molar-refractivity contribution >= 4 is 17.5 Å². The van der Waals surface area contributed by atoms with Gasteiger partial charge >= 0.3 is 0 Å². The third-order valence-corrected chi connectivity index (χ3v) is 3.43. The highest BCUT2D eigenvalue weighted by molar-refractivity contribution is 6.32. The number of carbonyl (C=O) groups is 1. The molecule has 118 valence electrons. The van der Waals surface area contributed by atoms with Crippen LogP contribution in [-0.2, 0) is 4.79 Å². The lowest BCUT2D eigenvalue weighted by Crippen LogP contribution is -2.44. The van der Waals surface area contributed by atoms with Crippen LogP contribution in [0.15, 0.2) is 18.2 Å². The number of hydrogen-bond acceptors (Lipinski definition) is 3. The molecule has 0 aliphatic heterocycles. The number of likely N-dealkylation sites (N-methyl/N-ethyl adjacent to an activating group) is 1. The molecule has 0 aromatic heterocycles.